The van der Waals surface area contributed by atoms with E-state index in [9.17, 15) is 39.6 Å². The molecule has 5 aromatic rings. The van der Waals surface area contributed by atoms with E-state index in [2.05, 4.69) is 0 Å². The monoisotopic (exact) mass is 675 g/mol. The number of hydrogen-bond donors (Lipinski definition) is 4. The van der Waals surface area contributed by atoms with Crippen molar-refractivity contribution in [3.8, 4) is 45.0 Å². The maximum atomic E-state index is 11.4. The van der Waals surface area contributed by atoms with E-state index in [1.807, 2.05) is 66.7 Å². The van der Waals surface area contributed by atoms with Crippen molar-refractivity contribution in [2.45, 2.75) is 13.1 Å². The number of benzene rings is 2. The molecule has 0 radical (unpaired) electrons. The highest BCUT2D eigenvalue weighted by Gasteiger charge is 2.18. The molecule has 0 aliphatic heterocycles. The minimum Gasteiger partial charge on any atom is -0.480 e. The summed E-state index contributed by atoms with van der Waals surface area (Å²) in [5.74, 6) is -4.65. The van der Waals surface area contributed by atoms with Crippen LogP contribution < -0.4 is 0 Å². The number of rotatable bonds is 16. The van der Waals surface area contributed by atoms with Gasteiger partial charge in [0, 0.05) is 13.1 Å². The highest BCUT2D eigenvalue weighted by atomic mass is 16.4. The molecule has 254 valence electrons. The Kier molecular flexibility index (Phi) is 11.3. The van der Waals surface area contributed by atoms with E-state index in [0.29, 0.717) is 34.2 Å². The van der Waals surface area contributed by atoms with Crippen molar-refractivity contribution in [2.75, 3.05) is 26.2 Å². The number of nitrogens with zero attached hydrogens (tertiary/aromatic N) is 5. The van der Waals surface area contributed by atoms with Gasteiger partial charge in [-0.15, -0.1) is 0 Å². The van der Waals surface area contributed by atoms with Gasteiger partial charge in [-0.2, -0.15) is 0 Å². The summed E-state index contributed by atoms with van der Waals surface area (Å²) in [5, 5.41) is 37.1. The van der Waals surface area contributed by atoms with E-state index in [-0.39, 0.29) is 13.1 Å². The molecule has 13 heteroatoms. The first-order chi connectivity index (χ1) is 24.0. The fourth-order valence-electron chi connectivity index (χ4n) is 5.42. The van der Waals surface area contributed by atoms with Crippen LogP contribution >= 0.6 is 0 Å². The van der Waals surface area contributed by atoms with Crippen molar-refractivity contribution in [3.63, 3.8) is 0 Å². The van der Waals surface area contributed by atoms with Crippen molar-refractivity contribution >= 4 is 23.9 Å². The molecule has 50 heavy (non-hydrogen) atoms. The Morgan fingerprint density at radius 3 is 1.20 bits per heavy atom. The van der Waals surface area contributed by atoms with Gasteiger partial charge in [-0.05, 0) is 58.7 Å². The molecule has 0 aliphatic rings. The smallest absolute Gasteiger partial charge is 0.317 e. The molecular formula is C37H33N5O8. The number of hydrogen-bond acceptors (Lipinski definition) is 9. The summed E-state index contributed by atoms with van der Waals surface area (Å²) in [6.07, 6.45) is 0. The molecular weight excluding hydrogens is 642 g/mol. The van der Waals surface area contributed by atoms with Gasteiger partial charge in [0.25, 0.3) is 0 Å². The van der Waals surface area contributed by atoms with Crippen LogP contribution in [0.25, 0.3) is 45.0 Å². The van der Waals surface area contributed by atoms with Gasteiger partial charge in [-0.3, -0.25) is 29.0 Å². The highest BCUT2D eigenvalue weighted by Crippen LogP contribution is 2.31. The Morgan fingerprint density at radius 2 is 0.800 bits per heavy atom. The topological polar surface area (TPSA) is 194 Å². The van der Waals surface area contributed by atoms with E-state index in [1.54, 1.807) is 36.4 Å². The highest BCUT2D eigenvalue weighted by molar-refractivity contribution is 5.77. The quantitative estimate of drug-likeness (QED) is 0.114. The van der Waals surface area contributed by atoms with E-state index in [1.165, 1.54) is 9.80 Å². The summed E-state index contributed by atoms with van der Waals surface area (Å²) >= 11 is 0. The summed E-state index contributed by atoms with van der Waals surface area (Å²) in [5.41, 5.74) is 6.53. The third-order valence-electron chi connectivity index (χ3n) is 7.50. The summed E-state index contributed by atoms with van der Waals surface area (Å²) in [7, 11) is 0. The average Bonchev–Trinajstić information content (AvgIpc) is 3.07. The minimum absolute atomic E-state index is 0.0211. The second-order valence-electron chi connectivity index (χ2n) is 11.5. The Labute approximate surface area is 286 Å². The van der Waals surface area contributed by atoms with Crippen molar-refractivity contribution in [3.05, 3.63) is 115 Å². The molecule has 13 nitrogen and oxygen atoms in total. The van der Waals surface area contributed by atoms with Gasteiger partial charge in [0.15, 0.2) is 0 Å². The van der Waals surface area contributed by atoms with Crippen LogP contribution in [-0.2, 0) is 32.3 Å². The van der Waals surface area contributed by atoms with Gasteiger partial charge >= 0.3 is 23.9 Å². The first-order valence-electron chi connectivity index (χ1n) is 15.4. The molecule has 0 bridgehead atoms. The third kappa shape index (κ3) is 9.86. The fourth-order valence-corrected chi connectivity index (χ4v) is 5.42. The number of carboxylic acids is 4. The van der Waals surface area contributed by atoms with E-state index < -0.39 is 50.1 Å². The molecule has 5 rings (SSSR count). The van der Waals surface area contributed by atoms with Gasteiger partial charge in [-0.25, -0.2) is 15.0 Å². The standard InChI is InChI=1S/C37H33N5O8/c43-34(44)20-41(21-35(45)46)18-28-8-4-10-30(38-28)32-16-27(26-14-12-25(13-15-26)24-6-2-1-3-7-24)17-33(40-32)31-11-5-9-29(39-31)19-42(22-36(47)48)23-37(49)50/h1-17H,18-23H2,(H,43,44)(H,45,46)(H,47,48)(H,49,50). The predicted octanol–water partition coefficient (Wildman–Crippen LogP) is 4.48. The number of pyridine rings is 3. The molecule has 2 aromatic carbocycles. The number of aliphatic carboxylic acids is 4. The SMILES string of the molecule is O=C(O)CN(CC(=O)O)Cc1cccc(-c2cc(-c3ccc(-c4ccccc4)cc3)cc(-c3cccc(CN(CC(=O)O)CC(=O)O)n3)n2)n1. The lowest BCUT2D eigenvalue weighted by molar-refractivity contribution is -0.144. The number of aromatic nitrogens is 3. The van der Waals surface area contributed by atoms with Gasteiger partial charge in [-0.1, -0.05) is 66.7 Å². The zero-order valence-electron chi connectivity index (χ0n) is 26.7. The van der Waals surface area contributed by atoms with Crippen LogP contribution in [0.15, 0.2) is 103 Å². The Balaban J connectivity index is 1.55. The number of carbonyl (C=O) groups is 4. The third-order valence-corrected chi connectivity index (χ3v) is 7.50. The fraction of sp³-hybridized carbons (Fsp3) is 0.162. The van der Waals surface area contributed by atoms with Crippen molar-refractivity contribution in [2.24, 2.45) is 0 Å². The van der Waals surface area contributed by atoms with Crippen molar-refractivity contribution in [1.82, 2.24) is 24.8 Å². The predicted molar refractivity (Wildman–Crippen MR) is 183 cm³/mol. The second-order valence-corrected chi connectivity index (χ2v) is 11.5. The van der Waals surface area contributed by atoms with Crippen LogP contribution in [0.5, 0.6) is 0 Å². The molecule has 4 N–H and O–H groups in total. The summed E-state index contributed by atoms with van der Waals surface area (Å²) in [6.45, 7) is -1.96. The Hall–Kier alpha value is -6.31. The van der Waals surface area contributed by atoms with Gasteiger partial charge < -0.3 is 20.4 Å². The molecule has 0 saturated heterocycles. The first kappa shape index (κ1) is 35.0. The second kappa shape index (κ2) is 16.2. The van der Waals surface area contributed by atoms with Crippen LogP contribution in [0.3, 0.4) is 0 Å². The van der Waals surface area contributed by atoms with Crippen LogP contribution in [0.1, 0.15) is 11.4 Å². The van der Waals surface area contributed by atoms with Crippen molar-refractivity contribution < 1.29 is 39.6 Å². The molecule has 0 atom stereocenters. The van der Waals surface area contributed by atoms with Crippen LogP contribution in [0, 0.1) is 0 Å². The lowest BCUT2D eigenvalue weighted by Gasteiger charge is -2.18. The molecule has 0 amide bonds. The summed E-state index contributed by atoms with van der Waals surface area (Å²) in [6, 6.07) is 32.0. The summed E-state index contributed by atoms with van der Waals surface area (Å²) < 4.78 is 0. The lowest BCUT2D eigenvalue weighted by atomic mass is 9.99. The van der Waals surface area contributed by atoms with E-state index >= 15 is 0 Å². The van der Waals surface area contributed by atoms with E-state index in [0.717, 1.165) is 22.3 Å². The first-order valence-corrected chi connectivity index (χ1v) is 15.4. The molecule has 3 heterocycles. The molecule has 3 aromatic heterocycles. The molecule has 0 unspecified atom stereocenters. The Bertz CT molecular complexity index is 1870. The molecule has 0 aliphatic carbocycles. The zero-order valence-corrected chi connectivity index (χ0v) is 26.7. The van der Waals surface area contributed by atoms with Crippen LogP contribution in [-0.4, -0.2) is 95.2 Å². The van der Waals surface area contributed by atoms with Gasteiger partial charge in [0.05, 0.1) is 60.3 Å². The minimum atomic E-state index is -1.16. The molecule has 0 fully saturated rings. The van der Waals surface area contributed by atoms with Crippen molar-refractivity contribution in [1.29, 1.82) is 0 Å². The van der Waals surface area contributed by atoms with Crippen LogP contribution in [0.2, 0.25) is 0 Å². The maximum absolute atomic E-state index is 11.4. The van der Waals surface area contributed by atoms with E-state index in [4.69, 9.17) is 15.0 Å². The zero-order chi connectivity index (χ0) is 35.6. The molecule has 0 saturated carbocycles. The average molecular weight is 676 g/mol. The summed E-state index contributed by atoms with van der Waals surface area (Å²) in [4.78, 5) is 62.3. The largest absolute Gasteiger partial charge is 0.480 e. The number of carboxylic acid groups (broad SMARTS) is 4. The lowest BCUT2D eigenvalue weighted by Crippen LogP contribution is -2.34. The Morgan fingerprint density at radius 1 is 0.420 bits per heavy atom. The van der Waals surface area contributed by atoms with Gasteiger partial charge in [0.2, 0.25) is 0 Å². The van der Waals surface area contributed by atoms with Gasteiger partial charge in [0.1, 0.15) is 0 Å². The maximum Gasteiger partial charge on any atom is 0.317 e. The molecule has 0 spiro atoms. The van der Waals surface area contributed by atoms with Crippen LogP contribution in [0.4, 0.5) is 0 Å². The normalized spacial score (nSPS) is 11.1.